The van der Waals surface area contributed by atoms with Gasteiger partial charge in [-0.25, -0.2) is 9.97 Å². The van der Waals surface area contributed by atoms with E-state index in [0.29, 0.717) is 12.5 Å². The molecule has 0 unspecified atom stereocenters. The lowest BCUT2D eigenvalue weighted by atomic mass is 10.1. The number of ether oxygens (including phenoxy) is 1. The van der Waals surface area contributed by atoms with Gasteiger partial charge in [0, 0.05) is 18.2 Å². The summed E-state index contributed by atoms with van der Waals surface area (Å²) in [6.07, 6.45) is 6.68. The molecule has 2 heterocycles. The summed E-state index contributed by atoms with van der Waals surface area (Å²) in [7, 11) is 0. The van der Waals surface area contributed by atoms with Crippen LogP contribution in [0, 0.1) is 0 Å². The summed E-state index contributed by atoms with van der Waals surface area (Å²) in [5.41, 5.74) is 1.99. The second kappa shape index (κ2) is 7.90. The number of rotatable bonds is 6. The fourth-order valence-corrected chi connectivity index (χ4v) is 2.83. The summed E-state index contributed by atoms with van der Waals surface area (Å²) >= 11 is 0. The molecule has 1 fully saturated rings. The van der Waals surface area contributed by atoms with Crippen molar-refractivity contribution in [2.24, 2.45) is 0 Å². The van der Waals surface area contributed by atoms with Crippen molar-refractivity contribution in [3.8, 4) is 17.1 Å². The minimum absolute atomic E-state index is 0.660. The van der Waals surface area contributed by atoms with Crippen molar-refractivity contribution in [2.45, 2.75) is 25.7 Å². The Hall–Kier alpha value is -1.94. The van der Waals surface area contributed by atoms with Gasteiger partial charge in [0.1, 0.15) is 6.33 Å². The smallest absolute Gasteiger partial charge is 0.216 e. The third-order valence-corrected chi connectivity index (χ3v) is 4.03. The third kappa shape index (κ3) is 4.28. The molecule has 0 aliphatic carbocycles. The highest BCUT2D eigenvalue weighted by atomic mass is 16.5. The summed E-state index contributed by atoms with van der Waals surface area (Å²) in [5.74, 6) is 0.660. The first kappa shape index (κ1) is 15.0. The predicted molar refractivity (Wildman–Crippen MR) is 87.9 cm³/mol. The molecule has 0 atom stereocenters. The van der Waals surface area contributed by atoms with Crippen LogP contribution in [-0.4, -0.2) is 41.1 Å². The molecule has 0 spiro atoms. The highest BCUT2D eigenvalue weighted by molar-refractivity contribution is 5.59. The van der Waals surface area contributed by atoms with Gasteiger partial charge >= 0.3 is 0 Å². The molecule has 116 valence electrons. The second-order valence-electron chi connectivity index (χ2n) is 5.71. The molecule has 1 aromatic carbocycles. The van der Waals surface area contributed by atoms with Crippen LogP contribution in [0.1, 0.15) is 25.7 Å². The first-order valence-electron chi connectivity index (χ1n) is 8.14. The van der Waals surface area contributed by atoms with E-state index in [-0.39, 0.29) is 0 Å². The maximum Gasteiger partial charge on any atom is 0.216 e. The first-order chi connectivity index (χ1) is 10.9. The minimum atomic E-state index is 0.660. The number of aromatic nitrogens is 2. The molecule has 2 aromatic rings. The lowest BCUT2D eigenvalue weighted by Crippen LogP contribution is -2.31. The molecule has 22 heavy (non-hydrogen) atoms. The number of piperidine rings is 1. The number of hydrogen-bond acceptors (Lipinski definition) is 4. The van der Waals surface area contributed by atoms with Gasteiger partial charge in [-0.15, -0.1) is 0 Å². The van der Waals surface area contributed by atoms with Gasteiger partial charge < -0.3 is 9.64 Å². The molecule has 3 rings (SSSR count). The first-order valence-corrected chi connectivity index (χ1v) is 8.14. The molecular formula is C18H23N3O. The lowest BCUT2D eigenvalue weighted by molar-refractivity contribution is 0.203. The van der Waals surface area contributed by atoms with Gasteiger partial charge in [0.2, 0.25) is 5.88 Å². The van der Waals surface area contributed by atoms with Gasteiger partial charge in [0.05, 0.1) is 12.3 Å². The van der Waals surface area contributed by atoms with Gasteiger partial charge in [-0.05, 0) is 32.4 Å². The van der Waals surface area contributed by atoms with Crippen LogP contribution >= 0.6 is 0 Å². The van der Waals surface area contributed by atoms with E-state index in [2.05, 4.69) is 14.9 Å². The van der Waals surface area contributed by atoms with Gasteiger partial charge in [0.15, 0.2) is 0 Å². The van der Waals surface area contributed by atoms with Gasteiger partial charge in [-0.3, -0.25) is 0 Å². The third-order valence-electron chi connectivity index (χ3n) is 4.03. The van der Waals surface area contributed by atoms with Crippen molar-refractivity contribution >= 4 is 0 Å². The van der Waals surface area contributed by atoms with Crippen LogP contribution in [0.25, 0.3) is 11.3 Å². The Bertz CT molecular complexity index is 568. The van der Waals surface area contributed by atoms with E-state index in [1.54, 1.807) is 6.33 Å². The molecule has 4 nitrogen and oxygen atoms in total. The van der Waals surface area contributed by atoms with Crippen LogP contribution in [0.15, 0.2) is 42.7 Å². The summed E-state index contributed by atoms with van der Waals surface area (Å²) in [4.78, 5) is 11.0. The van der Waals surface area contributed by atoms with E-state index in [9.17, 15) is 0 Å². The Morgan fingerprint density at radius 3 is 2.64 bits per heavy atom. The molecule has 0 bridgehead atoms. The number of nitrogens with zero attached hydrogens (tertiary/aromatic N) is 3. The summed E-state index contributed by atoms with van der Waals surface area (Å²) < 4.78 is 5.78. The van der Waals surface area contributed by atoms with Crippen LogP contribution in [0.2, 0.25) is 0 Å². The summed E-state index contributed by atoms with van der Waals surface area (Å²) in [6, 6.07) is 12.0. The standard InChI is InChI=1S/C18H23N3O/c1-3-8-16(9-4-1)17-14-18(20-15-19-17)22-13-7-12-21-10-5-2-6-11-21/h1,3-4,8-9,14-15H,2,5-7,10-13H2. The van der Waals surface area contributed by atoms with E-state index < -0.39 is 0 Å². The molecule has 0 N–H and O–H groups in total. The number of hydrogen-bond donors (Lipinski definition) is 0. The van der Waals surface area contributed by atoms with E-state index in [1.807, 2.05) is 36.4 Å². The SMILES string of the molecule is c1ccc(-c2cc(OCCCN3CCCCC3)ncn2)cc1. The number of likely N-dealkylation sites (tertiary alicyclic amines) is 1. The van der Waals surface area contributed by atoms with Crippen LogP contribution < -0.4 is 4.74 Å². The van der Waals surface area contributed by atoms with E-state index in [4.69, 9.17) is 4.74 Å². The van der Waals surface area contributed by atoms with Gasteiger partial charge in [-0.1, -0.05) is 36.8 Å². The van der Waals surface area contributed by atoms with Crippen LogP contribution in [0.5, 0.6) is 5.88 Å². The molecule has 0 saturated carbocycles. The topological polar surface area (TPSA) is 38.2 Å². The van der Waals surface area contributed by atoms with Crippen molar-refractivity contribution in [2.75, 3.05) is 26.2 Å². The minimum Gasteiger partial charge on any atom is -0.478 e. The molecule has 0 radical (unpaired) electrons. The van der Waals surface area contributed by atoms with Crippen LogP contribution in [-0.2, 0) is 0 Å². The van der Waals surface area contributed by atoms with E-state index in [1.165, 1.54) is 32.4 Å². The normalized spacial score (nSPS) is 15.6. The van der Waals surface area contributed by atoms with Crippen molar-refractivity contribution in [3.05, 3.63) is 42.7 Å². The fourth-order valence-electron chi connectivity index (χ4n) is 2.83. The predicted octanol–water partition coefficient (Wildman–Crippen LogP) is 3.40. The Morgan fingerprint density at radius 1 is 1.00 bits per heavy atom. The Morgan fingerprint density at radius 2 is 1.82 bits per heavy atom. The second-order valence-corrected chi connectivity index (χ2v) is 5.71. The zero-order valence-corrected chi connectivity index (χ0v) is 12.9. The average molecular weight is 297 g/mol. The highest BCUT2D eigenvalue weighted by Gasteiger charge is 2.09. The molecule has 1 saturated heterocycles. The number of benzene rings is 1. The average Bonchev–Trinajstić information content (AvgIpc) is 2.61. The highest BCUT2D eigenvalue weighted by Crippen LogP contribution is 2.19. The van der Waals surface area contributed by atoms with Gasteiger partial charge in [-0.2, -0.15) is 0 Å². The Balaban J connectivity index is 1.48. The largest absolute Gasteiger partial charge is 0.478 e. The molecule has 1 aromatic heterocycles. The van der Waals surface area contributed by atoms with E-state index >= 15 is 0 Å². The summed E-state index contributed by atoms with van der Waals surface area (Å²) in [6.45, 7) is 4.32. The molecule has 1 aliphatic rings. The molecular weight excluding hydrogens is 274 g/mol. The maximum atomic E-state index is 5.78. The van der Waals surface area contributed by atoms with Crippen molar-refractivity contribution in [1.82, 2.24) is 14.9 Å². The molecule has 4 heteroatoms. The zero-order chi connectivity index (χ0) is 15.0. The van der Waals surface area contributed by atoms with E-state index in [0.717, 1.165) is 24.2 Å². The van der Waals surface area contributed by atoms with Crippen LogP contribution in [0.4, 0.5) is 0 Å². The zero-order valence-electron chi connectivity index (χ0n) is 12.9. The fraction of sp³-hybridized carbons (Fsp3) is 0.444. The quantitative estimate of drug-likeness (QED) is 0.766. The van der Waals surface area contributed by atoms with Crippen molar-refractivity contribution < 1.29 is 4.74 Å². The summed E-state index contributed by atoms with van der Waals surface area (Å²) in [5, 5.41) is 0. The Kier molecular flexibility index (Phi) is 5.37. The van der Waals surface area contributed by atoms with Crippen molar-refractivity contribution in [1.29, 1.82) is 0 Å². The van der Waals surface area contributed by atoms with Gasteiger partial charge in [0.25, 0.3) is 0 Å². The lowest BCUT2D eigenvalue weighted by Gasteiger charge is -2.26. The molecule has 0 amide bonds. The molecule has 1 aliphatic heterocycles. The monoisotopic (exact) mass is 297 g/mol. The van der Waals surface area contributed by atoms with Crippen molar-refractivity contribution in [3.63, 3.8) is 0 Å². The Labute approximate surface area is 132 Å². The maximum absolute atomic E-state index is 5.78. The van der Waals surface area contributed by atoms with Crippen LogP contribution in [0.3, 0.4) is 0 Å².